The van der Waals surface area contributed by atoms with Crippen molar-refractivity contribution in [1.82, 2.24) is 14.9 Å². The Hall–Kier alpha value is -3.17. The first-order valence-electron chi connectivity index (χ1n) is 11.5. The number of H-pyrrole nitrogens is 1. The average Bonchev–Trinajstić information content (AvgIpc) is 3.49. The molecule has 0 fully saturated rings. The molecular formula is C25H31N5O3S. The van der Waals surface area contributed by atoms with E-state index in [0.29, 0.717) is 38.9 Å². The number of aromatic nitrogens is 2. The van der Waals surface area contributed by atoms with Gasteiger partial charge in [0, 0.05) is 55.2 Å². The lowest BCUT2D eigenvalue weighted by Gasteiger charge is -2.27. The number of imidazole rings is 1. The minimum absolute atomic E-state index is 0.0463. The molecule has 1 aromatic carbocycles. The maximum Gasteiger partial charge on any atom is 0.225 e. The highest BCUT2D eigenvalue weighted by Crippen LogP contribution is 2.37. The zero-order valence-corrected chi connectivity index (χ0v) is 20.4. The van der Waals surface area contributed by atoms with Gasteiger partial charge in [-0.05, 0) is 35.6 Å². The van der Waals surface area contributed by atoms with Crippen LogP contribution in [0.4, 0.5) is 5.00 Å². The number of rotatable bonds is 9. The number of anilines is 1. The fraction of sp³-hybridized carbons (Fsp3) is 0.400. The van der Waals surface area contributed by atoms with Crippen molar-refractivity contribution in [2.75, 3.05) is 19.0 Å². The van der Waals surface area contributed by atoms with Crippen LogP contribution in [0.1, 0.15) is 53.1 Å². The number of aryl methyl sites for hydroxylation is 1. The number of nitrogens with two attached hydrogens (primary N) is 1. The Labute approximate surface area is 203 Å². The number of carbonyl (C=O) groups is 2. The number of ether oxygens (including phenoxy) is 1. The van der Waals surface area contributed by atoms with Crippen molar-refractivity contribution in [3.05, 3.63) is 64.1 Å². The molecule has 0 saturated heterocycles. The van der Waals surface area contributed by atoms with Crippen LogP contribution in [0.3, 0.4) is 0 Å². The number of fused-ring (bicyclic) bond motifs is 1. The summed E-state index contributed by atoms with van der Waals surface area (Å²) in [6.45, 7) is 3.61. The number of nitrogens with one attached hydrogen (secondary N) is 2. The van der Waals surface area contributed by atoms with Crippen molar-refractivity contribution in [3.8, 4) is 5.75 Å². The highest BCUT2D eigenvalue weighted by molar-refractivity contribution is 7.16. The molecule has 1 aliphatic heterocycles. The van der Waals surface area contributed by atoms with Crippen LogP contribution >= 0.6 is 11.3 Å². The molecule has 8 nitrogen and oxygen atoms in total. The number of thiophene rings is 1. The van der Waals surface area contributed by atoms with Crippen molar-refractivity contribution in [2.24, 2.45) is 5.73 Å². The van der Waals surface area contributed by atoms with E-state index < -0.39 is 0 Å². The summed E-state index contributed by atoms with van der Waals surface area (Å²) in [5, 5.41) is 3.89. The predicted octanol–water partition coefficient (Wildman–Crippen LogP) is 3.59. The van der Waals surface area contributed by atoms with Gasteiger partial charge in [-0.3, -0.25) is 9.59 Å². The summed E-state index contributed by atoms with van der Waals surface area (Å²) < 4.78 is 5.30. The van der Waals surface area contributed by atoms with Crippen molar-refractivity contribution in [3.63, 3.8) is 0 Å². The van der Waals surface area contributed by atoms with E-state index in [0.717, 1.165) is 39.0 Å². The minimum atomic E-state index is -0.0463. The van der Waals surface area contributed by atoms with Gasteiger partial charge in [0.15, 0.2) is 0 Å². The zero-order valence-electron chi connectivity index (χ0n) is 19.6. The Morgan fingerprint density at radius 1 is 1.38 bits per heavy atom. The van der Waals surface area contributed by atoms with Crippen molar-refractivity contribution in [1.29, 1.82) is 0 Å². The van der Waals surface area contributed by atoms with Crippen molar-refractivity contribution < 1.29 is 14.3 Å². The van der Waals surface area contributed by atoms with Gasteiger partial charge < -0.3 is 25.7 Å². The summed E-state index contributed by atoms with van der Waals surface area (Å²) in [5.41, 5.74) is 9.29. The molecule has 4 rings (SSSR count). The second-order valence-corrected chi connectivity index (χ2v) is 9.65. The summed E-state index contributed by atoms with van der Waals surface area (Å²) in [5.74, 6) is 1.72. The van der Waals surface area contributed by atoms with E-state index in [4.69, 9.17) is 10.5 Å². The highest BCUT2D eigenvalue weighted by atomic mass is 32.1. The molecule has 3 aromatic rings. The second kappa shape index (κ2) is 10.8. The topological polar surface area (TPSA) is 113 Å². The molecule has 0 saturated carbocycles. The molecular weight excluding hydrogens is 450 g/mol. The van der Waals surface area contributed by atoms with E-state index in [2.05, 4.69) is 15.3 Å². The molecule has 1 atom stereocenters. The predicted molar refractivity (Wildman–Crippen MR) is 133 cm³/mol. The van der Waals surface area contributed by atoms with Gasteiger partial charge in [-0.25, -0.2) is 4.98 Å². The van der Waals surface area contributed by atoms with Gasteiger partial charge in [-0.15, -0.1) is 11.3 Å². The van der Waals surface area contributed by atoms with E-state index in [1.807, 2.05) is 36.1 Å². The van der Waals surface area contributed by atoms with Crippen LogP contribution in [0, 0.1) is 0 Å². The molecule has 1 unspecified atom stereocenters. The minimum Gasteiger partial charge on any atom is -0.497 e. The second-order valence-electron chi connectivity index (χ2n) is 8.55. The number of hydrogen-bond acceptors (Lipinski definition) is 6. The molecule has 180 valence electrons. The van der Waals surface area contributed by atoms with Gasteiger partial charge in [-0.1, -0.05) is 19.1 Å². The number of aromatic amines is 1. The molecule has 34 heavy (non-hydrogen) atoms. The van der Waals surface area contributed by atoms with Gasteiger partial charge in [-0.2, -0.15) is 0 Å². The molecule has 0 aliphatic carbocycles. The highest BCUT2D eigenvalue weighted by Gasteiger charge is 2.27. The molecule has 2 aromatic heterocycles. The van der Waals surface area contributed by atoms with E-state index in [9.17, 15) is 9.59 Å². The molecule has 9 heteroatoms. The largest absolute Gasteiger partial charge is 0.497 e. The fourth-order valence-corrected chi connectivity index (χ4v) is 5.65. The van der Waals surface area contributed by atoms with Gasteiger partial charge in [0.2, 0.25) is 11.8 Å². The van der Waals surface area contributed by atoms with Gasteiger partial charge in [0.25, 0.3) is 0 Å². The number of nitrogens with zero attached hydrogens (tertiary/aromatic N) is 2. The lowest BCUT2D eigenvalue weighted by molar-refractivity contribution is -0.132. The van der Waals surface area contributed by atoms with Crippen molar-refractivity contribution in [2.45, 2.75) is 51.6 Å². The van der Waals surface area contributed by atoms with Crippen molar-refractivity contribution >= 4 is 28.2 Å². The lowest BCUT2D eigenvalue weighted by Crippen LogP contribution is -2.35. The van der Waals surface area contributed by atoms with Crippen LogP contribution in [0.2, 0.25) is 0 Å². The van der Waals surface area contributed by atoms with Crippen LogP contribution in [0.25, 0.3) is 0 Å². The number of carbonyl (C=O) groups excluding carboxylic acids is 2. The van der Waals surface area contributed by atoms with Crippen LogP contribution in [0.15, 0.2) is 36.7 Å². The maximum atomic E-state index is 12.9. The maximum absolute atomic E-state index is 12.9. The molecule has 0 spiro atoms. The van der Waals surface area contributed by atoms with E-state index in [-0.39, 0.29) is 17.7 Å². The molecule has 0 radical (unpaired) electrons. The molecule has 3 heterocycles. The Morgan fingerprint density at radius 3 is 2.97 bits per heavy atom. The summed E-state index contributed by atoms with van der Waals surface area (Å²) in [6.07, 6.45) is 5.59. The first-order chi connectivity index (χ1) is 16.5. The molecule has 4 N–H and O–H groups in total. The third kappa shape index (κ3) is 5.48. The normalized spacial score (nSPS) is 13.9. The summed E-state index contributed by atoms with van der Waals surface area (Å²) in [6, 6.07) is 7.80. The first kappa shape index (κ1) is 24.0. The fourth-order valence-electron chi connectivity index (χ4n) is 4.34. The summed E-state index contributed by atoms with van der Waals surface area (Å²) in [4.78, 5) is 35.8. The van der Waals surface area contributed by atoms with E-state index >= 15 is 0 Å². The lowest BCUT2D eigenvalue weighted by atomic mass is 9.97. The van der Waals surface area contributed by atoms with Crippen LogP contribution < -0.4 is 15.8 Å². The van der Waals surface area contributed by atoms with Crippen LogP contribution in [-0.2, 0) is 35.5 Å². The summed E-state index contributed by atoms with van der Waals surface area (Å²) >= 11 is 1.54. The number of hydrogen-bond donors (Lipinski definition) is 3. The molecule has 2 amide bonds. The monoisotopic (exact) mass is 481 g/mol. The van der Waals surface area contributed by atoms with Gasteiger partial charge in [0.05, 0.1) is 18.7 Å². The summed E-state index contributed by atoms with van der Waals surface area (Å²) in [7, 11) is 1.64. The van der Waals surface area contributed by atoms with Gasteiger partial charge in [0.1, 0.15) is 11.6 Å². The van der Waals surface area contributed by atoms with Crippen LogP contribution in [0.5, 0.6) is 5.75 Å². The van der Waals surface area contributed by atoms with Crippen LogP contribution in [-0.4, -0.2) is 40.3 Å². The van der Waals surface area contributed by atoms with E-state index in [1.165, 1.54) is 16.9 Å². The Balaban J connectivity index is 1.39. The first-order valence-corrected chi connectivity index (χ1v) is 12.3. The van der Waals surface area contributed by atoms with Gasteiger partial charge >= 0.3 is 0 Å². The third-order valence-corrected chi connectivity index (χ3v) is 7.44. The molecule has 1 aliphatic rings. The third-order valence-electron chi connectivity index (χ3n) is 6.26. The Morgan fingerprint density at radius 2 is 2.24 bits per heavy atom. The average molecular weight is 482 g/mol. The van der Waals surface area contributed by atoms with E-state index in [1.54, 1.807) is 19.5 Å². The number of amides is 2. The molecule has 0 bridgehead atoms. The Kier molecular flexibility index (Phi) is 7.64. The Bertz CT molecular complexity index is 1140. The quantitative estimate of drug-likeness (QED) is 0.432. The standard InChI is InChI=1S/C25H31N5O3S/c1-16(17-4-3-5-18(13-17)33-2)12-23(31)29-25-20(14-26)19-8-11-30(15-21(19)34-25)24(32)7-6-22-27-9-10-28-22/h3-5,9-10,13,16H,6-8,11-12,14-15,26H2,1-2H3,(H,27,28)(H,29,31). The smallest absolute Gasteiger partial charge is 0.225 e. The SMILES string of the molecule is COc1cccc(C(C)CC(=O)Nc2sc3c(c2CN)CCN(C(=O)CCc2ncc[nH]2)C3)c1. The number of benzene rings is 1. The zero-order chi connectivity index (χ0) is 24.1. The number of methoxy groups -OCH3 is 1.